The van der Waals surface area contributed by atoms with Gasteiger partial charge in [0.2, 0.25) is 0 Å². The zero-order valence-electron chi connectivity index (χ0n) is 12.0. The second kappa shape index (κ2) is 5.85. The van der Waals surface area contributed by atoms with Gasteiger partial charge in [0.1, 0.15) is 5.82 Å². The Bertz CT molecular complexity index is 635. The number of aryl methyl sites for hydroxylation is 1. The third kappa shape index (κ3) is 3.07. The summed E-state index contributed by atoms with van der Waals surface area (Å²) in [5, 5.41) is 3.73. The highest BCUT2D eigenvalue weighted by Crippen LogP contribution is 2.40. The van der Waals surface area contributed by atoms with E-state index in [1.807, 2.05) is 24.1 Å². The Morgan fingerprint density at radius 2 is 2.10 bits per heavy atom. The molecule has 21 heavy (non-hydrogen) atoms. The van der Waals surface area contributed by atoms with Gasteiger partial charge in [-0.25, -0.2) is 15.0 Å². The van der Waals surface area contributed by atoms with Crippen molar-refractivity contribution in [2.24, 2.45) is 13.0 Å². The molecular weight excluding hydrogens is 286 g/mol. The van der Waals surface area contributed by atoms with E-state index in [1.54, 1.807) is 18.6 Å². The third-order valence-electron chi connectivity index (χ3n) is 3.59. The first-order valence-electron chi connectivity index (χ1n) is 6.83. The average Bonchev–Trinajstić information content (AvgIpc) is 3.26. The van der Waals surface area contributed by atoms with Crippen LogP contribution in [0.3, 0.4) is 0 Å². The van der Waals surface area contributed by atoms with Crippen molar-refractivity contribution in [2.75, 3.05) is 6.26 Å². The number of rotatable bonds is 5. The number of imidazole rings is 1. The van der Waals surface area contributed by atoms with Crippen LogP contribution in [0.15, 0.2) is 29.9 Å². The molecule has 1 amide bonds. The van der Waals surface area contributed by atoms with E-state index in [1.165, 1.54) is 11.8 Å². The van der Waals surface area contributed by atoms with E-state index in [-0.39, 0.29) is 11.9 Å². The molecule has 0 aromatic carbocycles. The SMILES string of the molecule is CSc1ncc(C(=O)NC(c2nccn2C)C2CC2)cn1. The summed E-state index contributed by atoms with van der Waals surface area (Å²) >= 11 is 1.45. The summed E-state index contributed by atoms with van der Waals surface area (Å²) in [5.74, 6) is 1.22. The van der Waals surface area contributed by atoms with E-state index in [2.05, 4.69) is 20.3 Å². The molecule has 1 aliphatic rings. The fourth-order valence-corrected chi connectivity index (χ4v) is 2.58. The van der Waals surface area contributed by atoms with Gasteiger partial charge in [0, 0.05) is 31.8 Å². The fourth-order valence-electron chi connectivity index (χ4n) is 2.26. The molecule has 110 valence electrons. The number of thioether (sulfide) groups is 1. The molecule has 1 saturated carbocycles. The number of hydrogen-bond acceptors (Lipinski definition) is 5. The molecule has 2 heterocycles. The Morgan fingerprint density at radius 1 is 1.38 bits per heavy atom. The highest BCUT2D eigenvalue weighted by Gasteiger charge is 2.35. The van der Waals surface area contributed by atoms with Gasteiger partial charge in [-0.05, 0) is 25.0 Å². The second-order valence-electron chi connectivity index (χ2n) is 5.14. The maximum atomic E-state index is 12.4. The largest absolute Gasteiger partial charge is 0.342 e. The van der Waals surface area contributed by atoms with Gasteiger partial charge in [-0.1, -0.05) is 11.8 Å². The van der Waals surface area contributed by atoms with Crippen LogP contribution in [0.25, 0.3) is 0 Å². The van der Waals surface area contributed by atoms with Crippen molar-refractivity contribution in [3.8, 4) is 0 Å². The normalized spacial score (nSPS) is 15.7. The minimum Gasteiger partial charge on any atom is -0.342 e. The molecule has 1 N–H and O–H groups in total. The summed E-state index contributed by atoms with van der Waals surface area (Å²) in [6.07, 6.45) is 10.9. The number of hydrogen-bond donors (Lipinski definition) is 1. The lowest BCUT2D eigenvalue weighted by Gasteiger charge is -2.18. The Balaban J connectivity index is 1.76. The van der Waals surface area contributed by atoms with Gasteiger partial charge >= 0.3 is 0 Å². The van der Waals surface area contributed by atoms with E-state index in [9.17, 15) is 4.79 Å². The van der Waals surface area contributed by atoms with Crippen molar-refractivity contribution in [3.63, 3.8) is 0 Å². The predicted octanol–water partition coefficient (Wildman–Crippen LogP) is 1.81. The molecule has 1 atom stereocenters. The molecule has 0 aliphatic heterocycles. The summed E-state index contributed by atoms with van der Waals surface area (Å²) in [4.78, 5) is 25.0. The molecule has 2 aromatic rings. The van der Waals surface area contributed by atoms with Crippen molar-refractivity contribution in [2.45, 2.75) is 24.0 Å². The predicted molar refractivity (Wildman–Crippen MR) is 80.0 cm³/mol. The molecule has 0 saturated heterocycles. The van der Waals surface area contributed by atoms with Crippen LogP contribution < -0.4 is 5.32 Å². The minimum atomic E-state index is -0.150. The summed E-state index contributed by atoms with van der Waals surface area (Å²) in [6, 6.07) is -0.0438. The van der Waals surface area contributed by atoms with Crippen molar-refractivity contribution < 1.29 is 4.79 Å². The maximum Gasteiger partial charge on any atom is 0.255 e. The highest BCUT2D eigenvalue weighted by molar-refractivity contribution is 7.98. The standard InChI is InChI=1S/C14H17N5OS/c1-19-6-5-15-12(19)11(9-3-4-9)18-13(20)10-7-16-14(21-2)17-8-10/h5-9,11H,3-4H2,1-2H3,(H,18,20). The second-order valence-corrected chi connectivity index (χ2v) is 5.92. The Hall–Kier alpha value is -1.89. The highest BCUT2D eigenvalue weighted by atomic mass is 32.2. The molecule has 0 spiro atoms. The van der Waals surface area contributed by atoms with Crippen LogP contribution in [0.2, 0.25) is 0 Å². The van der Waals surface area contributed by atoms with E-state index in [0.717, 1.165) is 18.7 Å². The lowest BCUT2D eigenvalue weighted by atomic mass is 10.1. The van der Waals surface area contributed by atoms with Crippen LogP contribution in [0.5, 0.6) is 0 Å². The Kier molecular flexibility index (Phi) is 3.92. The van der Waals surface area contributed by atoms with Crippen molar-refractivity contribution in [1.82, 2.24) is 24.8 Å². The third-order valence-corrected chi connectivity index (χ3v) is 4.17. The molecule has 1 unspecified atom stereocenters. The van der Waals surface area contributed by atoms with Gasteiger partial charge in [-0.3, -0.25) is 4.79 Å². The van der Waals surface area contributed by atoms with Gasteiger partial charge in [0.15, 0.2) is 5.16 Å². The van der Waals surface area contributed by atoms with Gasteiger partial charge in [0.25, 0.3) is 5.91 Å². The van der Waals surface area contributed by atoms with Crippen LogP contribution in [0.4, 0.5) is 0 Å². The quantitative estimate of drug-likeness (QED) is 0.673. The van der Waals surface area contributed by atoms with Crippen LogP contribution >= 0.6 is 11.8 Å². The summed E-state index contributed by atoms with van der Waals surface area (Å²) in [6.45, 7) is 0. The molecule has 6 nitrogen and oxygen atoms in total. The van der Waals surface area contributed by atoms with Crippen LogP contribution in [0, 0.1) is 5.92 Å². The number of carbonyl (C=O) groups excluding carboxylic acids is 1. The van der Waals surface area contributed by atoms with Crippen molar-refractivity contribution in [3.05, 3.63) is 36.2 Å². The molecule has 2 aromatic heterocycles. The topological polar surface area (TPSA) is 72.7 Å². The maximum absolute atomic E-state index is 12.4. The smallest absolute Gasteiger partial charge is 0.255 e. The molecule has 7 heteroatoms. The fraction of sp³-hybridized carbons (Fsp3) is 0.429. The van der Waals surface area contributed by atoms with Crippen LogP contribution in [-0.4, -0.2) is 31.7 Å². The Morgan fingerprint density at radius 3 is 2.62 bits per heavy atom. The molecular formula is C14H17N5OS. The van der Waals surface area contributed by atoms with Gasteiger partial charge < -0.3 is 9.88 Å². The molecule has 3 rings (SSSR count). The molecule has 1 aliphatic carbocycles. The number of amides is 1. The Labute approximate surface area is 127 Å². The number of aromatic nitrogens is 4. The van der Waals surface area contributed by atoms with E-state index in [0.29, 0.717) is 16.6 Å². The van der Waals surface area contributed by atoms with Crippen LogP contribution in [0.1, 0.15) is 35.1 Å². The molecule has 1 fully saturated rings. The lowest BCUT2D eigenvalue weighted by molar-refractivity contribution is 0.0928. The zero-order chi connectivity index (χ0) is 14.8. The number of carbonyl (C=O) groups is 1. The minimum absolute atomic E-state index is 0.0438. The summed E-state index contributed by atoms with van der Waals surface area (Å²) in [7, 11) is 1.94. The van der Waals surface area contributed by atoms with Gasteiger partial charge in [-0.15, -0.1) is 0 Å². The first-order valence-corrected chi connectivity index (χ1v) is 8.05. The molecule has 0 bridgehead atoms. The summed E-state index contributed by atoms with van der Waals surface area (Å²) in [5.41, 5.74) is 0.479. The lowest BCUT2D eigenvalue weighted by Crippen LogP contribution is -2.31. The number of nitrogens with zero attached hydrogens (tertiary/aromatic N) is 4. The van der Waals surface area contributed by atoms with Crippen molar-refractivity contribution >= 4 is 17.7 Å². The molecule has 0 radical (unpaired) electrons. The van der Waals surface area contributed by atoms with E-state index >= 15 is 0 Å². The zero-order valence-corrected chi connectivity index (χ0v) is 12.8. The first-order chi connectivity index (χ1) is 10.2. The van der Waals surface area contributed by atoms with E-state index in [4.69, 9.17) is 0 Å². The van der Waals surface area contributed by atoms with Crippen LogP contribution in [-0.2, 0) is 7.05 Å². The van der Waals surface area contributed by atoms with Gasteiger partial charge in [-0.2, -0.15) is 0 Å². The van der Waals surface area contributed by atoms with Gasteiger partial charge in [0.05, 0.1) is 11.6 Å². The first kappa shape index (κ1) is 14.1. The average molecular weight is 303 g/mol. The van der Waals surface area contributed by atoms with Crippen molar-refractivity contribution in [1.29, 1.82) is 0 Å². The van der Waals surface area contributed by atoms with E-state index < -0.39 is 0 Å². The monoisotopic (exact) mass is 303 g/mol. The number of nitrogens with one attached hydrogen (secondary N) is 1. The summed E-state index contributed by atoms with van der Waals surface area (Å²) < 4.78 is 1.95.